The standard InChI is InChI=1S/C6H13BN2/c7-5-9-3-6(4-9)1-8-2-6/h8H,1-5,7H2. The van der Waals surface area contributed by atoms with Crippen LogP contribution in [0.4, 0.5) is 0 Å². The van der Waals surface area contributed by atoms with E-state index in [1.807, 2.05) is 0 Å². The molecule has 2 nitrogen and oxygen atoms in total. The van der Waals surface area contributed by atoms with E-state index >= 15 is 0 Å². The maximum Gasteiger partial charge on any atom is 0.119 e. The first-order chi connectivity index (χ1) is 4.35. The van der Waals surface area contributed by atoms with Gasteiger partial charge in [-0.3, -0.25) is 0 Å². The average molecular weight is 124 g/mol. The number of nitrogens with one attached hydrogen (secondary N) is 1. The first-order valence-corrected chi connectivity index (χ1v) is 3.78. The normalized spacial score (nSPS) is 31.6. The molecule has 2 fully saturated rings. The third kappa shape index (κ3) is 0.716. The molecular formula is C6H13BN2. The summed E-state index contributed by atoms with van der Waals surface area (Å²) in [5.41, 5.74) is 0.732. The fraction of sp³-hybridized carbons (Fsp3) is 1.00. The van der Waals surface area contributed by atoms with Crippen LogP contribution >= 0.6 is 0 Å². The van der Waals surface area contributed by atoms with Gasteiger partial charge in [0, 0.05) is 31.6 Å². The van der Waals surface area contributed by atoms with E-state index in [1.165, 1.54) is 32.6 Å². The summed E-state index contributed by atoms with van der Waals surface area (Å²) in [7, 11) is 2.24. The molecule has 0 atom stereocenters. The van der Waals surface area contributed by atoms with Crippen LogP contribution in [0.3, 0.4) is 0 Å². The van der Waals surface area contributed by atoms with E-state index in [1.54, 1.807) is 0 Å². The molecular weight excluding hydrogens is 111 g/mol. The van der Waals surface area contributed by atoms with E-state index in [2.05, 4.69) is 18.1 Å². The molecule has 0 aromatic heterocycles. The topological polar surface area (TPSA) is 15.3 Å². The highest BCUT2D eigenvalue weighted by Crippen LogP contribution is 2.32. The van der Waals surface area contributed by atoms with Gasteiger partial charge in [0.1, 0.15) is 7.85 Å². The van der Waals surface area contributed by atoms with E-state index in [-0.39, 0.29) is 0 Å². The van der Waals surface area contributed by atoms with Crippen LogP contribution < -0.4 is 5.32 Å². The molecule has 1 N–H and O–H groups in total. The van der Waals surface area contributed by atoms with Gasteiger partial charge in [-0.05, 0) is 6.44 Å². The Kier molecular flexibility index (Phi) is 1.11. The number of rotatable bonds is 1. The van der Waals surface area contributed by atoms with Crippen molar-refractivity contribution in [1.29, 1.82) is 0 Å². The van der Waals surface area contributed by atoms with Crippen molar-refractivity contribution in [2.45, 2.75) is 0 Å². The Morgan fingerprint density at radius 2 is 2.11 bits per heavy atom. The molecule has 0 bridgehead atoms. The molecule has 2 aliphatic heterocycles. The largest absolute Gasteiger partial charge is 0.315 e. The molecule has 0 saturated carbocycles. The summed E-state index contributed by atoms with van der Waals surface area (Å²) in [6.07, 6.45) is 1.24. The molecule has 9 heavy (non-hydrogen) atoms. The molecule has 0 aromatic carbocycles. The number of hydrogen-bond donors (Lipinski definition) is 1. The van der Waals surface area contributed by atoms with Crippen LogP contribution in [0.25, 0.3) is 0 Å². The minimum absolute atomic E-state index is 0.732. The maximum absolute atomic E-state index is 3.32. The van der Waals surface area contributed by atoms with Crippen LogP contribution in [0.15, 0.2) is 0 Å². The summed E-state index contributed by atoms with van der Waals surface area (Å²) < 4.78 is 0. The predicted octanol–water partition coefficient (Wildman–Crippen LogP) is -1.52. The van der Waals surface area contributed by atoms with E-state index in [9.17, 15) is 0 Å². The van der Waals surface area contributed by atoms with Crippen LogP contribution in [-0.4, -0.2) is 45.4 Å². The Morgan fingerprint density at radius 3 is 2.44 bits per heavy atom. The molecule has 50 valence electrons. The molecule has 2 heterocycles. The molecule has 3 heteroatoms. The fourth-order valence-corrected chi connectivity index (χ4v) is 1.83. The van der Waals surface area contributed by atoms with Crippen molar-refractivity contribution in [3.63, 3.8) is 0 Å². The average Bonchev–Trinajstić information content (AvgIpc) is 1.59. The zero-order valence-electron chi connectivity index (χ0n) is 5.98. The van der Waals surface area contributed by atoms with Gasteiger partial charge in [-0.25, -0.2) is 0 Å². The Morgan fingerprint density at radius 1 is 1.44 bits per heavy atom. The van der Waals surface area contributed by atoms with Crippen LogP contribution in [0.5, 0.6) is 0 Å². The van der Waals surface area contributed by atoms with E-state index in [0.29, 0.717) is 0 Å². The molecule has 0 unspecified atom stereocenters. The van der Waals surface area contributed by atoms with Crippen molar-refractivity contribution < 1.29 is 0 Å². The van der Waals surface area contributed by atoms with Gasteiger partial charge in [0.05, 0.1) is 0 Å². The molecule has 2 rings (SSSR count). The van der Waals surface area contributed by atoms with Crippen molar-refractivity contribution >= 4 is 7.85 Å². The zero-order valence-corrected chi connectivity index (χ0v) is 5.98. The van der Waals surface area contributed by atoms with Crippen molar-refractivity contribution in [2.75, 3.05) is 32.6 Å². The van der Waals surface area contributed by atoms with Gasteiger partial charge in [0.25, 0.3) is 0 Å². The molecule has 0 amide bonds. The second kappa shape index (κ2) is 1.73. The minimum Gasteiger partial charge on any atom is -0.315 e. The minimum atomic E-state index is 0.732. The first-order valence-electron chi connectivity index (χ1n) is 3.78. The molecule has 2 aliphatic rings. The second-order valence-corrected chi connectivity index (χ2v) is 3.41. The van der Waals surface area contributed by atoms with Crippen LogP contribution in [0.2, 0.25) is 0 Å². The number of nitrogens with zero attached hydrogens (tertiary/aromatic N) is 1. The fourth-order valence-electron chi connectivity index (χ4n) is 1.83. The lowest BCUT2D eigenvalue weighted by molar-refractivity contribution is -0.0273. The van der Waals surface area contributed by atoms with Crippen molar-refractivity contribution in [3.8, 4) is 0 Å². The Labute approximate surface area is 57.0 Å². The van der Waals surface area contributed by atoms with Gasteiger partial charge >= 0.3 is 0 Å². The lowest BCUT2D eigenvalue weighted by Crippen LogP contribution is -2.71. The predicted molar refractivity (Wildman–Crippen MR) is 40.3 cm³/mol. The Hall–Kier alpha value is -0.0151. The molecule has 0 aliphatic carbocycles. The summed E-state index contributed by atoms with van der Waals surface area (Å²) in [6.45, 7) is 5.22. The molecule has 1 spiro atoms. The Bertz CT molecular complexity index is 114. The lowest BCUT2D eigenvalue weighted by Gasteiger charge is -2.56. The van der Waals surface area contributed by atoms with Crippen molar-refractivity contribution in [2.24, 2.45) is 5.41 Å². The SMILES string of the molecule is BCN1CC2(CNC2)C1. The third-order valence-corrected chi connectivity index (χ3v) is 2.57. The summed E-state index contributed by atoms with van der Waals surface area (Å²) in [5, 5.41) is 3.32. The third-order valence-electron chi connectivity index (χ3n) is 2.57. The van der Waals surface area contributed by atoms with Gasteiger partial charge in [-0.1, -0.05) is 0 Å². The number of hydrogen-bond acceptors (Lipinski definition) is 2. The Balaban J connectivity index is 1.82. The van der Waals surface area contributed by atoms with Crippen LogP contribution in [0.1, 0.15) is 0 Å². The van der Waals surface area contributed by atoms with Crippen molar-refractivity contribution in [1.82, 2.24) is 10.2 Å². The zero-order chi connectivity index (χ0) is 6.32. The number of likely N-dealkylation sites (tertiary alicyclic amines) is 1. The summed E-state index contributed by atoms with van der Waals surface area (Å²) in [6, 6.07) is 0. The van der Waals surface area contributed by atoms with Crippen molar-refractivity contribution in [3.05, 3.63) is 0 Å². The van der Waals surface area contributed by atoms with E-state index in [4.69, 9.17) is 0 Å². The monoisotopic (exact) mass is 124 g/mol. The highest BCUT2D eigenvalue weighted by Gasteiger charge is 2.46. The highest BCUT2D eigenvalue weighted by molar-refractivity contribution is 6.08. The summed E-state index contributed by atoms with van der Waals surface area (Å²) >= 11 is 0. The maximum atomic E-state index is 3.32. The second-order valence-electron chi connectivity index (χ2n) is 3.41. The van der Waals surface area contributed by atoms with Gasteiger partial charge in [-0.15, -0.1) is 0 Å². The van der Waals surface area contributed by atoms with Gasteiger partial charge in [-0.2, -0.15) is 0 Å². The lowest BCUT2D eigenvalue weighted by atomic mass is 9.74. The first kappa shape index (κ1) is 5.75. The van der Waals surface area contributed by atoms with Crippen LogP contribution in [-0.2, 0) is 0 Å². The van der Waals surface area contributed by atoms with Gasteiger partial charge < -0.3 is 10.2 Å². The van der Waals surface area contributed by atoms with E-state index < -0.39 is 0 Å². The molecule has 0 aromatic rings. The van der Waals surface area contributed by atoms with Gasteiger partial charge in [0.2, 0.25) is 0 Å². The van der Waals surface area contributed by atoms with Gasteiger partial charge in [0.15, 0.2) is 0 Å². The quantitative estimate of drug-likeness (QED) is 0.427. The highest BCUT2D eigenvalue weighted by atomic mass is 15.2. The summed E-state index contributed by atoms with van der Waals surface area (Å²) in [5.74, 6) is 0. The van der Waals surface area contributed by atoms with Crippen LogP contribution in [0, 0.1) is 5.41 Å². The van der Waals surface area contributed by atoms with E-state index in [0.717, 1.165) is 5.41 Å². The molecule has 0 radical (unpaired) electrons. The summed E-state index contributed by atoms with van der Waals surface area (Å²) in [4.78, 5) is 2.50. The molecule has 2 saturated heterocycles. The smallest absolute Gasteiger partial charge is 0.119 e.